The van der Waals surface area contributed by atoms with Gasteiger partial charge in [-0.2, -0.15) is 0 Å². The van der Waals surface area contributed by atoms with Gasteiger partial charge in [0.05, 0.1) is 32.4 Å². The first-order chi connectivity index (χ1) is 14.6. The summed E-state index contributed by atoms with van der Waals surface area (Å²) in [6.45, 7) is 2.02. The van der Waals surface area contributed by atoms with Crippen LogP contribution in [0.3, 0.4) is 0 Å². The normalized spacial score (nSPS) is 19.3. The molecule has 5 rings (SSSR count). The Hall–Kier alpha value is -3.48. The van der Waals surface area contributed by atoms with Crippen molar-refractivity contribution in [3.8, 4) is 11.5 Å². The fourth-order valence-corrected chi connectivity index (χ4v) is 4.80. The highest BCUT2D eigenvalue weighted by Gasteiger charge is 2.51. The Balaban J connectivity index is 1.78. The summed E-state index contributed by atoms with van der Waals surface area (Å²) >= 11 is 0. The van der Waals surface area contributed by atoms with E-state index in [4.69, 9.17) is 14.2 Å². The number of rotatable bonds is 4. The molecule has 0 radical (unpaired) electrons. The number of amides is 1. The van der Waals surface area contributed by atoms with Crippen LogP contribution in [0.25, 0.3) is 10.9 Å². The molecule has 2 aliphatic rings. The molecule has 2 atom stereocenters. The molecular formula is C23H22N2O5. The number of benzene rings is 2. The monoisotopic (exact) mass is 406 g/mol. The summed E-state index contributed by atoms with van der Waals surface area (Å²) in [7, 11) is 3.05. The summed E-state index contributed by atoms with van der Waals surface area (Å²) in [6.07, 6.45) is 0.397. The fraction of sp³-hybridized carbons (Fsp3) is 0.304. The standard InChI is InChI=1S/C23H22N2O5/c1-4-30-23(27)16-11-14-12-7-5-6-8-15(12)24-19(14)20-13-9-10-17(28-2)21(29-3)18(13)22(26)25(16)20/h5-10,16,20,24H,4,11H2,1-3H3/t16-,20-/m0/s1. The van der Waals surface area contributed by atoms with Crippen molar-refractivity contribution in [3.63, 3.8) is 0 Å². The number of ether oxygens (including phenoxy) is 3. The lowest BCUT2D eigenvalue weighted by Gasteiger charge is -2.36. The van der Waals surface area contributed by atoms with Gasteiger partial charge in [0.2, 0.25) is 0 Å². The summed E-state index contributed by atoms with van der Waals surface area (Å²) in [5.74, 6) is 0.210. The molecule has 1 N–H and O–H groups in total. The third-order valence-corrected chi connectivity index (χ3v) is 6.01. The van der Waals surface area contributed by atoms with Gasteiger partial charge in [0.25, 0.3) is 5.91 Å². The SMILES string of the molecule is CCOC(=O)[C@@H]1Cc2c([nH]c3ccccc23)[C@@H]2c3ccc(OC)c(OC)c3C(=O)N21. The van der Waals surface area contributed by atoms with Gasteiger partial charge in [-0.1, -0.05) is 24.3 Å². The van der Waals surface area contributed by atoms with Crippen LogP contribution in [0.4, 0.5) is 0 Å². The Bertz CT molecular complexity index is 1180. The Morgan fingerprint density at radius 2 is 1.97 bits per heavy atom. The first-order valence-electron chi connectivity index (χ1n) is 9.94. The van der Waals surface area contributed by atoms with Crippen molar-refractivity contribution in [2.24, 2.45) is 0 Å². The maximum absolute atomic E-state index is 13.6. The zero-order valence-corrected chi connectivity index (χ0v) is 17.0. The summed E-state index contributed by atoms with van der Waals surface area (Å²) in [5.41, 5.74) is 4.17. The van der Waals surface area contributed by atoms with Gasteiger partial charge < -0.3 is 24.1 Å². The summed E-state index contributed by atoms with van der Waals surface area (Å²) < 4.78 is 16.3. The van der Waals surface area contributed by atoms with Crippen molar-refractivity contribution in [3.05, 3.63) is 58.8 Å². The molecule has 0 aliphatic carbocycles. The Morgan fingerprint density at radius 1 is 1.17 bits per heavy atom. The van der Waals surface area contributed by atoms with Crippen LogP contribution >= 0.6 is 0 Å². The number of aromatic nitrogens is 1. The van der Waals surface area contributed by atoms with E-state index < -0.39 is 18.1 Å². The van der Waals surface area contributed by atoms with E-state index in [1.807, 2.05) is 30.3 Å². The molecule has 0 spiro atoms. The molecule has 0 saturated carbocycles. The number of hydrogen-bond donors (Lipinski definition) is 1. The number of carbonyl (C=O) groups excluding carboxylic acids is 2. The van der Waals surface area contributed by atoms with Crippen molar-refractivity contribution >= 4 is 22.8 Å². The van der Waals surface area contributed by atoms with Crippen LogP contribution in [0.5, 0.6) is 11.5 Å². The second kappa shape index (κ2) is 6.79. The number of fused-ring (bicyclic) bond motifs is 7. The lowest BCUT2D eigenvalue weighted by Crippen LogP contribution is -2.48. The van der Waals surface area contributed by atoms with E-state index in [9.17, 15) is 9.59 Å². The average Bonchev–Trinajstić information content (AvgIpc) is 3.28. The van der Waals surface area contributed by atoms with Crippen molar-refractivity contribution in [2.75, 3.05) is 20.8 Å². The molecule has 154 valence electrons. The number of hydrogen-bond acceptors (Lipinski definition) is 5. The van der Waals surface area contributed by atoms with Crippen LogP contribution in [0.1, 0.15) is 40.1 Å². The molecule has 2 aliphatic heterocycles. The first-order valence-corrected chi connectivity index (χ1v) is 9.94. The minimum Gasteiger partial charge on any atom is -0.493 e. The quantitative estimate of drug-likeness (QED) is 0.673. The number of para-hydroxylation sites is 1. The van der Waals surface area contributed by atoms with E-state index in [1.165, 1.54) is 14.2 Å². The van der Waals surface area contributed by atoms with Gasteiger partial charge in [0, 0.05) is 23.0 Å². The minimum absolute atomic E-state index is 0.256. The van der Waals surface area contributed by atoms with Crippen molar-refractivity contribution in [1.29, 1.82) is 0 Å². The zero-order chi connectivity index (χ0) is 21.0. The van der Waals surface area contributed by atoms with Crippen molar-refractivity contribution in [1.82, 2.24) is 9.88 Å². The Kier molecular flexibility index (Phi) is 4.20. The van der Waals surface area contributed by atoms with E-state index in [1.54, 1.807) is 17.9 Å². The summed E-state index contributed by atoms with van der Waals surface area (Å²) in [4.78, 5) is 31.6. The maximum atomic E-state index is 13.6. The summed E-state index contributed by atoms with van der Waals surface area (Å²) in [6, 6.07) is 10.5. The second-order valence-corrected chi connectivity index (χ2v) is 7.42. The molecule has 0 bridgehead atoms. The number of nitrogens with zero attached hydrogens (tertiary/aromatic N) is 1. The van der Waals surface area contributed by atoms with E-state index >= 15 is 0 Å². The summed E-state index contributed by atoms with van der Waals surface area (Å²) in [5, 5.41) is 1.06. The van der Waals surface area contributed by atoms with E-state index in [0.29, 0.717) is 23.5 Å². The van der Waals surface area contributed by atoms with Gasteiger partial charge in [-0.3, -0.25) is 4.79 Å². The lowest BCUT2D eigenvalue weighted by molar-refractivity contribution is -0.149. The zero-order valence-electron chi connectivity index (χ0n) is 17.0. The minimum atomic E-state index is -0.711. The van der Waals surface area contributed by atoms with Crippen molar-refractivity contribution < 1.29 is 23.8 Å². The van der Waals surface area contributed by atoms with Crippen LogP contribution < -0.4 is 9.47 Å². The second-order valence-electron chi connectivity index (χ2n) is 7.42. The average molecular weight is 406 g/mol. The number of methoxy groups -OCH3 is 2. The molecule has 1 amide bonds. The van der Waals surface area contributed by atoms with Gasteiger partial charge in [-0.15, -0.1) is 0 Å². The highest BCUT2D eigenvalue weighted by Crippen LogP contribution is 2.50. The van der Waals surface area contributed by atoms with Gasteiger partial charge in [-0.25, -0.2) is 4.79 Å². The molecule has 2 aromatic carbocycles. The number of aromatic amines is 1. The van der Waals surface area contributed by atoms with E-state index in [2.05, 4.69) is 4.98 Å². The third kappa shape index (κ3) is 2.38. The Labute approximate surface area is 173 Å². The molecule has 0 unspecified atom stereocenters. The molecule has 3 heterocycles. The van der Waals surface area contributed by atoms with Crippen LogP contribution in [0.15, 0.2) is 36.4 Å². The largest absolute Gasteiger partial charge is 0.493 e. The topological polar surface area (TPSA) is 80.9 Å². The van der Waals surface area contributed by atoms with Crippen LogP contribution in [0.2, 0.25) is 0 Å². The molecular weight excluding hydrogens is 384 g/mol. The number of H-pyrrole nitrogens is 1. The number of nitrogens with one attached hydrogen (secondary N) is 1. The van der Waals surface area contributed by atoms with Crippen LogP contribution in [-0.4, -0.2) is 48.6 Å². The lowest BCUT2D eigenvalue weighted by atomic mass is 9.90. The van der Waals surface area contributed by atoms with Gasteiger partial charge in [0.1, 0.15) is 6.04 Å². The smallest absolute Gasteiger partial charge is 0.329 e. The predicted octanol–water partition coefficient (Wildman–Crippen LogP) is 3.22. The van der Waals surface area contributed by atoms with Gasteiger partial charge in [0.15, 0.2) is 11.5 Å². The van der Waals surface area contributed by atoms with Crippen LogP contribution in [-0.2, 0) is 16.0 Å². The Morgan fingerprint density at radius 3 is 2.70 bits per heavy atom. The van der Waals surface area contributed by atoms with Gasteiger partial charge in [-0.05, 0) is 30.2 Å². The molecule has 7 heteroatoms. The molecule has 7 nitrogen and oxygen atoms in total. The highest BCUT2D eigenvalue weighted by molar-refractivity contribution is 6.06. The number of carbonyl (C=O) groups is 2. The molecule has 1 aromatic heterocycles. The molecule has 3 aromatic rings. The number of esters is 1. The molecule has 0 fully saturated rings. The molecule has 30 heavy (non-hydrogen) atoms. The van der Waals surface area contributed by atoms with Crippen molar-refractivity contribution in [2.45, 2.75) is 25.4 Å². The molecule has 0 saturated heterocycles. The van der Waals surface area contributed by atoms with Gasteiger partial charge >= 0.3 is 5.97 Å². The predicted molar refractivity (Wildman–Crippen MR) is 110 cm³/mol. The van der Waals surface area contributed by atoms with E-state index in [0.717, 1.165) is 27.7 Å². The van der Waals surface area contributed by atoms with Crippen LogP contribution in [0, 0.1) is 0 Å². The highest BCUT2D eigenvalue weighted by atomic mass is 16.5. The van der Waals surface area contributed by atoms with E-state index in [-0.39, 0.29) is 12.5 Å². The maximum Gasteiger partial charge on any atom is 0.329 e. The third-order valence-electron chi connectivity index (χ3n) is 6.01. The first kappa shape index (κ1) is 18.5. The fourth-order valence-electron chi connectivity index (χ4n) is 4.80.